The standard InChI is InChI=1S/C46H48N4O10S2/c1-4-47-44(53)46(45(54)48-25-9-7-8-16-41(51)52)27-29(17-19-35-31-12-10-14-33-39(61(55,56)57)23-21-37(42(31)33)49(35)5-2)26-30(28-46)18-20-36-32-13-11-15-34-40(62(58,59)60)24-22-38(43(32)34)50(36)6-3/h10-15,17-24,26H,4-9,16,25,27-28H2,1-3H3,(H4-,47,48,51,52,53,54,55,56,57,58,59,60). The number of benzene rings is 4. The van der Waals surface area contributed by atoms with Gasteiger partial charge in [0.25, 0.3) is 10.1 Å². The Hall–Kier alpha value is -5.94. The van der Waals surface area contributed by atoms with Crippen LogP contribution in [-0.4, -0.2) is 83.3 Å². The number of aliphatic carboxylic acids is 1. The Morgan fingerprint density at radius 1 is 0.823 bits per heavy atom. The first-order valence-corrected chi connectivity index (χ1v) is 23.4. The zero-order chi connectivity index (χ0) is 44.6. The molecular weight excluding hydrogens is 833 g/mol. The van der Waals surface area contributed by atoms with Crippen LogP contribution in [0.25, 0.3) is 38.5 Å². The Bertz CT molecular complexity index is 3090. The van der Waals surface area contributed by atoms with Crippen LogP contribution in [0.4, 0.5) is 5.69 Å². The molecule has 5 aromatic rings. The third kappa shape index (κ3) is 8.22. The van der Waals surface area contributed by atoms with Crippen molar-refractivity contribution in [2.24, 2.45) is 5.41 Å². The molecule has 0 saturated heterocycles. The number of carboxylic acids is 1. The van der Waals surface area contributed by atoms with Crippen molar-refractivity contribution in [2.45, 2.75) is 75.6 Å². The van der Waals surface area contributed by atoms with Gasteiger partial charge in [-0.15, -0.1) is 0 Å². The zero-order valence-electron chi connectivity index (χ0n) is 34.6. The Labute approximate surface area is 359 Å². The summed E-state index contributed by atoms with van der Waals surface area (Å²) in [6, 6.07) is 16.4. The highest BCUT2D eigenvalue weighted by Crippen LogP contribution is 2.42. The molecule has 0 saturated carbocycles. The van der Waals surface area contributed by atoms with E-state index in [1.54, 1.807) is 43.3 Å². The molecule has 1 aromatic heterocycles. The molecule has 4 aromatic carbocycles. The zero-order valence-corrected chi connectivity index (χ0v) is 36.2. The molecule has 1 aliphatic carbocycles. The van der Waals surface area contributed by atoms with Crippen molar-refractivity contribution in [2.75, 3.05) is 19.6 Å². The molecule has 0 fully saturated rings. The molecule has 2 aliphatic rings. The monoisotopic (exact) mass is 880 g/mol. The fraction of sp³-hybridized carbons (Fsp3) is 0.304. The first-order valence-electron chi connectivity index (χ1n) is 20.6. The Balaban J connectivity index is 1.36. The lowest BCUT2D eigenvalue weighted by atomic mass is 9.70. The highest BCUT2D eigenvalue weighted by molar-refractivity contribution is 7.86. The smallest absolute Gasteiger partial charge is 0.303 e. The SMILES string of the molecule is CCNC(=O)C1(C(=O)NCCCCCC(=O)O)CC(=CC=c2c3cccc4c(S(=O)(=O)[O-])ccc(c43)n2CC)C=C(C=CC2=[N+](CC)c3ccc(S(=O)(=O)O)c4cccc2c34)C1. The van der Waals surface area contributed by atoms with E-state index in [0.29, 0.717) is 65.0 Å². The third-order valence-corrected chi connectivity index (χ3v) is 13.5. The average molecular weight is 881 g/mol. The predicted molar refractivity (Wildman–Crippen MR) is 236 cm³/mol. The van der Waals surface area contributed by atoms with Crippen molar-refractivity contribution >= 4 is 87.9 Å². The van der Waals surface area contributed by atoms with E-state index in [2.05, 4.69) is 10.6 Å². The average Bonchev–Trinajstić information content (AvgIpc) is 3.72. The summed E-state index contributed by atoms with van der Waals surface area (Å²) in [5, 5.41) is 18.4. The fourth-order valence-corrected chi connectivity index (χ4v) is 10.4. The van der Waals surface area contributed by atoms with Crippen LogP contribution in [0.5, 0.6) is 0 Å². The number of amides is 2. The fourth-order valence-electron chi connectivity index (χ4n) is 9.02. The van der Waals surface area contributed by atoms with E-state index in [0.717, 1.165) is 33.2 Å². The normalized spacial score (nSPS) is 17.9. The number of carbonyl (C=O) groups is 3. The number of aryl methyl sites for hydroxylation is 1. The number of aromatic nitrogens is 1. The topological polar surface area (TPSA) is 215 Å². The number of carbonyl (C=O) groups excluding carboxylic acids is 2. The van der Waals surface area contributed by atoms with Gasteiger partial charge in [0, 0.05) is 70.6 Å². The first kappa shape index (κ1) is 44.1. The minimum absolute atomic E-state index is 0.0185. The maximum atomic E-state index is 14.4. The molecule has 2 amide bonds. The minimum atomic E-state index is -4.77. The summed E-state index contributed by atoms with van der Waals surface area (Å²) in [7, 11) is -9.28. The van der Waals surface area contributed by atoms with Gasteiger partial charge in [-0.2, -0.15) is 13.0 Å². The maximum Gasteiger partial charge on any atom is 0.303 e. The molecule has 0 bridgehead atoms. The molecule has 0 radical (unpaired) electrons. The summed E-state index contributed by atoms with van der Waals surface area (Å²) in [4.78, 5) is 39.2. The third-order valence-electron chi connectivity index (χ3n) is 11.7. The van der Waals surface area contributed by atoms with Gasteiger partial charge in [-0.3, -0.25) is 18.9 Å². The summed E-state index contributed by atoms with van der Waals surface area (Å²) in [5.41, 5.74) is 2.73. The second-order valence-electron chi connectivity index (χ2n) is 15.5. The van der Waals surface area contributed by atoms with Crippen molar-refractivity contribution < 1.29 is 50.0 Å². The van der Waals surface area contributed by atoms with Gasteiger partial charge >= 0.3 is 5.97 Å². The molecule has 62 heavy (non-hydrogen) atoms. The lowest BCUT2D eigenvalue weighted by molar-refractivity contribution is -0.430. The van der Waals surface area contributed by atoms with Crippen molar-refractivity contribution in [1.82, 2.24) is 15.2 Å². The molecule has 1 aliphatic heterocycles. The number of rotatable bonds is 16. The molecule has 1 unspecified atom stereocenters. The molecule has 16 heteroatoms. The van der Waals surface area contributed by atoms with Gasteiger partial charge in [-0.25, -0.2) is 8.42 Å². The van der Waals surface area contributed by atoms with Gasteiger partial charge < -0.3 is 24.9 Å². The van der Waals surface area contributed by atoms with Gasteiger partial charge in [0.2, 0.25) is 23.2 Å². The van der Waals surface area contributed by atoms with Crippen molar-refractivity contribution in [1.29, 1.82) is 0 Å². The molecule has 0 spiro atoms. The van der Waals surface area contributed by atoms with E-state index in [4.69, 9.17) is 5.11 Å². The summed E-state index contributed by atoms with van der Waals surface area (Å²) in [6.07, 6.45) is 11.0. The number of nitrogens with zero attached hydrogens (tertiary/aromatic N) is 2. The van der Waals surface area contributed by atoms with Crippen LogP contribution >= 0.6 is 0 Å². The molecule has 4 N–H and O–H groups in total. The van der Waals surface area contributed by atoms with Crippen LogP contribution < -0.4 is 16.0 Å². The quantitative estimate of drug-likeness (QED) is 0.0400. The molecule has 14 nitrogen and oxygen atoms in total. The van der Waals surface area contributed by atoms with Crippen LogP contribution in [0.3, 0.4) is 0 Å². The van der Waals surface area contributed by atoms with Crippen LogP contribution in [0.15, 0.2) is 106 Å². The number of carboxylic acid groups (broad SMARTS) is 1. The molecule has 324 valence electrons. The van der Waals surface area contributed by atoms with E-state index in [-0.39, 0.29) is 42.1 Å². The summed E-state index contributed by atoms with van der Waals surface area (Å²) in [5.74, 6) is -1.83. The highest BCUT2D eigenvalue weighted by Gasteiger charge is 2.48. The van der Waals surface area contributed by atoms with Crippen LogP contribution in [0.2, 0.25) is 0 Å². The second kappa shape index (κ2) is 17.4. The van der Waals surface area contributed by atoms with E-state index < -0.39 is 43.4 Å². The summed E-state index contributed by atoms with van der Waals surface area (Å²) < 4.78 is 75.5. The molecular formula is C46H48N4O10S2. The number of unbranched alkanes of at least 4 members (excludes halogenated alkanes) is 2. The predicted octanol–water partition coefficient (Wildman–Crippen LogP) is 5.87. The van der Waals surface area contributed by atoms with Gasteiger partial charge in [-0.05, 0) is 87.9 Å². The van der Waals surface area contributed by atoms with E-state index in [1.807, 2.05) is 65.5 Å². The largest absolute Gasteiger partial charge is 0.744 e. The Morgan fingerprint density at radius 3 is 2.19 bits per heavy atom. The number of hydrogen-bond acceptors (Lipinski definition) is 8. The van der Waals surface area contributed by atoms with E-state index in [1.165, 1.54) is 12.1 Å². The van der Waals surface area contributed by atoms with Crippen molar-refractivity contribution in [3.63, 3.8) is 0 Å². The van der Waals surface area contributed by atoms with Crippen LogP contribution in [0, 0.1) is 5.41 Å². The van der Waals surface area contributed by atoms with E-state index >= 15 is 0 Å². The number of allylic oxidation sites excluding steroid dienone is 6. The molecule has 7 rings (SSSR count). The van der Waals surface area contributed by atoms with Gasteiger partial charge in [0.05, 0.1) is 15.8 Å². The van der Waals surface area contributed by atoms with Gasteiger partial charge in [0.15, 0.2) is 0 Å². The maximum absolute atomic E-state index is 14.4. The number of nitrogens with one attached hydrogen (secondary N) is 2. The van der Waals surface area contributed by atoms with Crippen molar-refractivity contribution in [3.8, 4) is 0 Å². The summed E-state index contributed by atoms with van der Waals surface area (Å²) >= 11 is 0. The van der Waals surface area contributed by atoms with Crippen molar-refractivity contribution in [3.05, 3.63) is 107 Å². The molecule has 1 atom stereocenters. The lowest BCUT2D eigenvalue weighted by Crippen LogP contribution is -2.52. The number of hydrogen-bond donors (Lipinski definition) is 4. The minimum Gasteiger partial charge on any atom is -0.744 e. The first-order chi connectivity index (χ1) is 29.5. The van der Waals surface area contributed by atoms with Gasteiger partial charge in [0.1, 0.15) is 27.0 Å². The summed E-state index contributed by atoms with van der Waals surface area (Å²) in [6.45, 7) is 7.23. The van der Waals surface area contributed by atoms with Crippen LogP contribution in [-0.2, 0) is 41.2 Å². The van der Waals surface area contributed by atoms with Crippen LogP contribution in [0.1, 0.15) is 64.9 Å². The Kier molecular flexibility index (Phi) is 12.4. The van der Waals surface area contributed by atoms with E-state index in [9.17, 15) is 40.3 Å². The lowest BCUT2D eigenvalue weighted by Gasteiger charge is -2.35. The molecule has 2 heterocycles. The Morgan fingerprint density at radius 2 is 1.52 bits per heavy atom. The second-order valence-corrected chi connectivity index (χ2v) is 18.3. The van der Waals surface area contributed by atoms with Gasteiger partial charge in [-0.1, -0.05) is 55.0 Å². The highest BCUT2D eigenvalue weighted by atomic mass is 32.2.